The van der Waals surface area contributed by atoms with Gasteiger partial charge in [-0.2, -0.15) is 9.61 Å². The number of rotatable bonds is 3. The topological polar surface area (TPSA) is 84.2 Å². The number of nitrogens with one attached hydrogen (secondary N) is 2. The molecule has 4 rings (SSSR count). The average Bonchev–Trinajstić information content (AvgIpc) is 3.25. The van der Waals surface area contributed by atoms with Gasteiger partial charge in [-0.1, -0.05) is 29.0 Å². The summed E-state index contributed by atoms with van der Waals surface area (Å²) in [6.07, 6.45) is 0. The number of anilines is 1. The third kappa shape index (κ3) is 3.75. The van der Waals surface area contributed by atoms with Gasteiger partial charge in [0.25, 0.3) is 5.91 Å². The molecule has 9 heteroatoms. The Hall–Kier alpha value is -3.17. The van der Waals surface area contributed by atoms with Crippen molar-refractivity contribution in [2.45, 2.75) is 13.8 Å². The fourth-order valence-corrected chi connectivity index (χ4v) is 3.67. The van der Waals surface area contributed by atoms with Gasteiger partial charge in [-0.25, -0.2) is 0 Å². The van der Waals surface area contributed by atoms with Crippen molar-refractivity contribution in [2.24, 2.45) is 0 Å². The number of thiocarbonyl (C=S) groups is 1. The van der Waals surface area contributed by atoms with Gasteiger partial charge >= 0.3 is 0 Å². The molecule has 0 atom stereocenters. The van der Waals surface area contributed by atoms with Crippen LogP contribution in [0.5, 0.6) is 0 Å². The van der Waals surface area contributed by atoms with Crippen molar-refractivity contribution < 1.29 is 4.79 Å². The number of benzene rings is 2. The zero-order valence-electron chi connectivity index (χ0n) is 15.1. The first-order chi connectivity index (χ1) is 13.5. The summed E-state index contributed by atoms with van der Waals surface area (Å²) in [6.45, 7) is 3.83. The molecule has 0 fully saturated rings. The first kappa shape index (κ1) is 18.2. The molecule has 0 bridgehead atoms. The van der Waals surface area contributed by atoms with Crippen molar-refractivity contribution >= 4 is 45.2 Å². The van der Waals surface area contributed by atoms with E-state index in [1.54, 1.807) is 16.6 Å². The molecule has 2 aromatic heterocycles. The van der Waals surface area contributed by atoms with Gasteiger partial charge in [0.1, 0.15) is 5.01 Å². The SMILES string of the molecule is Cc1ccc(C(=O)NC(=S)Nc2ccc(-c3nn4c(C)nnc4s3)cc2)cc1. The van der Waals surface area contributed by atoms with Crippen molar-refractivity contribution in [3.63, 3.8) is 0 Å². The zero-order chi connectivity index (χ0) is 19.7. The van der Waals surface area contributed by atoms with Crippen molar-refractivity contribution in [3.05, 3.63) is 65.5 Å². The van der Waals surface area contributed by atoms with E-state index < -0.39 is 0 Å². The van der Waals surface area contributed by atoms with Crippen LogP contribution in [0.2, 0.25) is 0 Å². The maximum absolute atomic E-state index is 12.2. The lowest BCUT2D eigenvalue weighted by Crippen LogP contribution is -2.34. The summed E-state index contributed by atoms with van der Waals surface area (Å²) in [5, 5.41) is 19.4. The molecule has 0 radical (unpaired) electrons. The lowest BCUT2D eigenvalue weighted by atomic mass is 10.1. The van der Waals surface area contributed by atoms with Crippen LogP contribution in [0.15, 0.2) is 48.5 Å². The summed E-state index contributed by atoms with van der Waals surface area (Å²) in [5.74, 6) is 0.509. The van der Waals surface area contributed by atoms with Crippen molar-refractivity contribution in [1.29, 1.82) is 0 Å². The molecule has 2 N–H and O–H groups in total. The van der Waals surface area contributed by atoms with Crippen molar-refractivity contribution in [1.82, 2.24) is 25.1 Å². The highest BCUT2D eigenvalue weighted by molar-refractivity contribution is 7.80. The standard InChI is InChI=1S/C19H16N6OS2/c1-11-3-5-13(6-4-11)16(26)21-18(27)20-15-9-7-14(8-10-15)17-24-25-12(2)22-23-19(25)28-17/h3-10H,1-2H3,(H2,20,21,26,27). The van der Waals surface area contributed by atoms with E-state index in [1.165, 1.54) is 11.3 Å². The third-order valence-electron chi connectivity index (χ3n) is 4.08. The molecule has 0 unspecified atom stereocenters. The molecule has 0 aliphatic rings. The first-order valence-electron chi connectivity index (χ1n) is 8.48. The van der Waals surface area contributed by atoms with Crippen LogP contribution in [-0.4, -0.2) is 30.8 Å². The Morgan fingerprint density at radius 2 is 1.75 bits per heavy atom. The highest BCUT2D eigenvalue weighted by atomic mass is 32.1. The van der Waals surface area contributed by atoms with Gasteiger partial charge in [0.15, 0.2) is 10.9 Å². The molecule has 2 heterocycles. The van der Waals surface area contributed by atoms with Gasteiger partial charge < -0.3 is 5.32 Å². The summed E-state index contributed by atoms with van der Waals surface area (Å²) in [4.78, 5) is 13.0. The number of nitrogens with zero attached hydrogens (tertiary/aromatic N) is 4. The smallest absolute Gasteiger partial charge is 0.257 e. The molecule has 1 amide bonds. The van der Waals surface area contributed by atoms with Gasteiger partial charge in [-0.15, -0.1) is 10.2 Å². The van der Waals surface area contributed by atoms with E-state index in [4.69, 9.17) is 12.2 Å². The van der Waals surface area contributed by atoms with Crippen molar-refractivity contribution in [3.8, 4) is 10.6 Å². The highest BCUT2D eigenvalue weighted by Crippen LogP contribution is 2.26. The monoisotopic (exact) mass is 408 g/mol. The molecule has 140 valence electrons. The minimum Gasteiger partial charge on any atom is -0.332 e. The number of aryl methyl sites for hydroxylation is 2. The average molecular weight is 409 g/mol. The van der Waals surface area contributed by atoms with E-state index in [0.29, 0.717) is 5.56 Å². The van der Waals surface area contributed by atoms with Gasteiger partial charge in [-0.05, 0) is 62.5 Å². The Balaban J connectivity index is 1.41. The van der Waals surface area contributed by atoms with Crippen LogP contribution in [0.25, 0.3) is 15.5 Å². The van der Waals surface area contributed by atoms with Gasteiger partial charge in [0.2, 0.25) is 4.96 Å². The second kappa shape index (κ2) is 7.45. The minimum atomic E-state index is -0.246. The number of amides is 1. The fourth-order valence-electron chi connectivity index (χ4n) is 2.57. The van der Waals surface area contributed by atoms with E-state index in [2.05, 4.69) is 25.9 Å². The van der Waals surface area contributed by atoms with Gasteiger partial charge in [0.05, 0.1) is 0 Å². The molecule has 0 saturated heterocycles. The Bertz CT molecular complexity index is 1160. The van der Waals surface area contributed by atoms with Crippen LogP contribution in [0.1, 0.15) is 21.7 Å². The van der Waals surface area contributed by atoms with E-state index in [1.807, 2.05) is 50.2 Å². The molecule has 0 aliphatic carbocycles. The molecule has 4 aromatic rings. The number of aromatic nitrogens is 4. The largest absolute Gasteiger partial charge is 0.332 e. The fraction of sp³-hybridized carbons (Fsp3) is 0.105. The van der Waals surface area contributed by atoms with Crippen LogP contribution in [-0.2, 0) is 0 Å². The minimum absolute atomic E-state index is 0.243. The molecule has 0 aliphatic heterocycles. The number of carbonyl (C=O) groups excluding carboxylic acids is 1. The van der Waals surface area contributed by atoms with Crippen LogP contribution in [0.4, 0.5) is 5.69 Å². The van der Waals surface area contributed by atoms with Crippen molar-refractivity contribution in [2.75, 3.05) is 5.32 Å². The first-order valence-corrected chi connectivity index (χ1v) is 9.70. The molecule has 2 aromatic carbocycles. The van der Waals surface area contributed by atoms with Gasteiger partial charge in [-0.3, -0.25) is 10.1 Å². The van der Waals surface area contributed by atoms with E-state index >= 15 is 0 Å². The Kier molecular flexibility index (Phi) is 4.84. The Morgan fingerprint density at radius 1 is 1.04 bits per heavy atom. The summed E-state index contributed by atoms with van der Waals surface area (Å²) < 4.78 is 1.72. The Morgan fingerprint density at radius 3 is 2.43 bits per heavy atom. The molecule has 0 spiro atoms. The van der Waals surface area contributed by atoms with Crippen LogP contribution in [0.3, 0.4) is 0 Å². The second-order valence-corrected chi connectivity index (χ2v) is 7.56. The lowest BCUT2D eigenvalue weighted by Gasteiger charge is -2.10. The number of hydrogen-bond acceptors (Lipinski definition) is 6. The van der Waals surface area contributed by atoms with E-state index in [-0.39, 0.29) is 11.0 Å². The number of hydrogen-bond donors (Lipinski definition) is 2. The van der Waals surface area contributed by atoms with Crippen LogP contribution >= 0.6 is 23.6 Å². The maximum atomic E-state index is 12.2. The predicted molar refractivity (Wildman–Crippen MR) is 114 cm³/mol. The Labute approximate surface area is 170 Å². The maximum Gasteiger partial charge on any atom is 0.257 e. The van der Waals surface area contributed by atoms with Crippen LogP contribution in [0, 0.1) is 13.8 Å². The highest BCUT2D eigenvalue weighted by Gasteiger charge is 2.11. The van der Waals surface area contributed by atoms with Crippen LogP contribution < -0.4 is 10.6 Å². The molecular formula is C19H16N6OS2. The normalized spacial score (nSPS) is 10.8. The number of fused-ring (bicyclic) bond motifs is 1. The molecule has 28 heavy (non-hydrogen) atoms. The molecular weight excluding hydrogens is 392 g/mol. The van der Waals surface area contributed by atoms with E-state index in [0.717, 1.165) is 32.6 Å². The third-order valence-corrected chi connectivity index (χ3v) is 5.23. The quantitative estimate of drug-likeness (QED) is 0.504. The zero-order valence-corrected chi connectivity index (χ0v) is 16.8. The predicted octanol–water partition coefficient (Wildman–Crippen LogP) is 3.60. The molecule has 0 saturated carbocycles. The summed E-state index contributed by atoms with van der Waals surface area (Å²) in [6, 6.07) is 15.0. The molecule has 7 nitrogen and oxygen atoms in total. The summed E-state index contributed by atoms with van der Waals surface area (Å²) in [5.41, 5.74) is 3.40. The second-order valence-electron chi connectivity index (χ2n) is 6.20. The summed E-state index contributed by atoms with van der Waals surface area (Å²) in [7, 11) is 0. The summed E-state index contributed by atoms with van der Waals surface area (Å²) >= 11 is 6.71. The van der Waals surface area contributed by atoms with E-state index in [9.17, 15) is 4.79 Å². The number of carbonyl (C=O) groups is 1. The van der Waals surface area contributed by atoms with Gasteiger partial charge in [0, 0.05) is 16.8 Å². The lowest BCUT2D eigenvalue weighted by molar-refractivity contribution is 0.0977.